The van der Waals surface area contributed by atoms with E-state index in [-0.39, 0.29) is 11.8 Å². The van der Waals surface area contributed by atoms with Gasteiger partial charge >= 0.3 is 0 Å². The minimum absolute atomic E-state index is 0.185. The predicted octanol–water partition coefficient (Wildman–Crippen LogP) is 4.06. The fourth-order valence-electron chi connectivity index (χ4n) is 4.39. The molecule has 0 spiro atoms. The van der Waals surface area contributed by atoms with Gasteiger partial charge in [0, 0.05) is 43.2 Å². The first kappa shape index (κ1) is 17.0. The molecule has 0 N–H and O–H groups in total. The second-order valence-corrected chi connectivity index (χ2v) is 7.64. The number of fused-ring (bicyclic) bond motifs is 2. The number of hydrogen-bond acceptors (Lipinski definition) is 3. The smallest absolute Gasteiger partial charge is 0.234 e. The van der Waals surface area contributed by atoms with Gasteiger partial charge in [-0.2, -0.15) is 0 Å². The molecule has 5 heteroatoms. The molecule has 1 amide bonds. The number of para-hydroxylation sites is 2. The molecule has 142 valence electrons. The summed E-state index contributed by atoms with van der Waals surface area (Å²) in [5.41, 5.74) is 1.93. The van der Waals surface area contributed by atoms with E-state index in [0.717, 1.165) is 55.1 Å². The molecule has 3 aromatic rings. The highest BCUT2D eigenvalue weighted by atomic mass is 16.5. The van der Waals surface area contributed by atoms with Crippen molar-refractivity contribution in [1.29, 1.82) is 0 Å². The fraction of sp³-hybridized carbons (Fsp3) is 0.304. The molecule has 5 nitrogen and oxygen atoms in total. The molecule has 2 aromatic carbocycles. The monoisotopic (exact) mass is 373 g/mol. The molecular formula is C23H23N3O2. The molecule has 5 rings (SSSR count). The van der Waals surface area contributed by atoms with Crippen molar-refractivity contribution in [3.63, 3.8) is 0 Å². The van der Waals surface area contributed by atoms with Crippen LogP contribution in [0.15, 0.2) is 67.3 Å². The van der Waals surface area contributed by atoms with Crippen LogP contribution in [0.2, 0.25) is 0 Å². The van der Waals surface area contributed by atoms with Crippen LogP contribution in [0.25, 0.3) is 0 Å². The van der Waals surface area contributed by atoms with Gasteiger partial charge in [0.05, 0.1) is 12.2 Å². The van der Waals surface area contributed by atoms with Crippen molar-refractivity contribution in [1.82, 2.24) is 14.5 Å². The Balaban J connectivity index is 1.36. The van der Waals surface area contributed by atoms with E-state index in [4.69, 9.17) is 4.74 Å². The third kappa shape index (κ3) is 3.07. The van der Waals surface area contributed by atoms with Crippen molar-refractivity contribution in [2.24, 2.45) is 5.92 Å². The Hall–Kier alpha value is -3.08. The molecule has 0 saturated carbocycles. The second kappa shape index (κ2) is 7.15. The number of benzene rings is 2. The van der Waals surface area contributed by atoms with E-state index >= 15 is 0 Å². The molecule has 0 radical (unpaired) electrons. The largest absolute Gasteiger partial charge is 0.457 e. The van der Waals surface area contributed by atoms with Crippen molar-refractivity contribution in [3.8, 4) is 11.5 Å². The van der Waals surface area contributed by atoms with E-state index in [9.17, 15) is 4.79 Å². The number of likely N-dealkylation sites (tertiary alicyclic amines) is 1. The summed E-state index contributed by atoms with van der Waals surface area (Å²) in [7, 11) is 0. The van der Waals surface area contributed by atoms with Crippen LogP contribution < -0.4 is 4.74 Å². The SMILES string of the molecule is O=C(C1c2ccccc2Oc2ccccc21)N1CCC(Cn2ccnc2)CC1. The van der Waals surface area contributed by atoms with Crippen LogP contribution in [0.1, 0.15) is 29.9 Å². The van der Waals surface area contributed by atoms with Gasteiger partial charge in [-0.3, -0.25) is 4.79 Å². The van der Waals surface area contributed by atoms with Crippen LogP contribution in [0, 0.1) is 5.92 Å². The molecule has 2 aliphatic heterocycles. The van der Waals surface area contributed by atoms with E-state index in [1.165, 1.54) is 0 Å². The Kier molecular flexibility index (Phi) is 4.35. The zero-order chi connectivity index (χ0) is 18.9. The van der Waals surface area contributed by atoms with Gasteiger partial charge in [0.25, 0.3) is 0 Å². The molecule has 0 bridgehead atoms. The average molecular weight is 373 g/mol. The Bertz CT molecular complexity index is 930. The zero-order valence-corrected chi connectivity index (χ0v) is 15.7. The molecule has 1 fully saturated rings. The van der Waals surface area contributed by atoms with Gasteiger partial charge in [0.15, 0.2) is 0 Å². The lowest BCUT2D eigenvalue weighted by atomic mass is 9.86. The Morgan fingerprint density at radius 2 is 1.64 bits per heavy atom. The summed E-state index contributed by atoms with van der Waals surface area (Å²) in [4.78, 5) is 19.7. The van der Waals surface area contributed by atoms with Crippen molar-refractivity contribution in [2.75, 3.05) is 13.1 Å². The third-order valence-corrected chi connectivity index (χ3v) is 5.88. The highest BCUT2D eigenvalue weighted by molar-refractivity contribution is 5.89. The third-order valence-electron chi connectivity index (χ3n) is 5.88. The van der Waals surface area contributed by atoms with Crippen LogP contribution in [-0.4, -0.2) is 33.4 Å². The first-order chi connectivity index (χ1) is 13.8. The lowest BCUT2D eigenvalue weighted by molar-refractivity contribution is -0.133. The highest BCUT2D eigenvalue weighted by Gasteiger charge is 2.36. The van der Waals surface area contributed by atoms with Gasteiger partial charge < -0.3 is 14.2 Å². The second-order valence-electron chi connectivity index (χ2n) is 7.64. The molecule has 1 saturated heterocycles. The average Bonchev–Trinajstić information content (AvgIpc) is 3.25. The molecule has 1 aromatic heterocycles. The maximum atomic E-state index is 13.6. The highest BCUT2D eigenvalue weighted by Crippen LogP contribution is 2.44. The quantitative estimate of drug-likeness (QED) is 0.696. The molecule has 0 unspecified atom stereocenters. The lowest BCUT2D eigenvalue weighted by Crippen LogP contribution is -2.42. The van der Waals surface area contributed by atoms with Gasteiger partial charge in [-0.05, 0) is 30.9 Å². The molecule has 2 aliphatic rings. The van der Waals surface area contributed by atoms with Gasteiger partial charge in [-0.15, -0.1) is 0 Å². The van der Waals surface area contributed by atoms with Crippen molar-refractivity contribution >= 4 is 5.91 Å². The van der Waals surface area contributed by atoms with Crippen molar-refractivity contribution in [2.45, 2.75) is 25.3 Å². The standard InChI is InChI=1S/C23H23N3O2/c27-23(26-12-9-17(10-13-26)15-25-14-11-24-16-25)22-18-5-1-3-7-20(18)28-21-8-4-2-6-19(21)22/h1-8,11,14,16-17,22H,9-10,12-13,15H2. The lowest BCUT2D eigenvalue weighted by Gasteiger charge is -2.36. The number of piperidine rings is 1. The molecule has 0 aliphatic carbocycles. The number of imidazole rings is 1. The number of carbonyl (C=O) groups is 1. The summed E-state index contributed by atoms with van der Waals surface area (Å²) in [6.45, 7) is 2.59. The topological polar surface area (TPSA) is 47.4 Å². The summed E-state index contributed by atoms with van der Waals surface area (Å²) in [5.74, 6) is 2.06. The van der Waals surface area contributed by atoms with Crippen LogP contribution in [0.3, 0.4) is 0 Å². The summed E-state index contributed by atoms with van der Waals surface area (Å²) in [6, 6.07) is 15.8. The first-order valence-corrected chi connectivity index (χ1v) is 9.90. The summed E-state index contributed by atoms with van der Waals surface area (Å²) in [6.07, 6.45) is 7.74. The number of nitrogens with zero attached hydrogens (tertiary/aromatic N) is 3. The number of rotatable bonds is 3. The van der Waals surface area contributed by atoms with Crippen molar-refractivity contribution < 1.29 is 9.53 Å². The number of ether oxygens (including phenoxy) is 1. The zero-order valence-electron chi connectivity index (χ0n) is 15.7. The van der Waals surface area contributed by atoms with Gasteiger partial charge in [-0.25, -0.2) is 4.98 Å². The Morgan fingerprint density at radius 1 is 1.00 bits per heavy atom. The normalized spacial score (nSPS) is 16.9. The van der Waals surface area contributed by atoms with Crippen LogP contribution >= 0.6 is 0 Å². The minimum Gasteiger partial charge on any atom is -0.457 e. The Labute approximate surface area is 164 Å². The molecule has 28 heavy (non-hydrogen) atoms. The molecule has 0 atom stereocenters. The van der Waals surface area contributed by atoms with E-state index in [1.54, 1.807) is 0 Å². The maximum Gasteiger partial charge on any atom is 0.234 e. The van der Waals surface area contributed by atoms with Crippen LogP contribution in [0.5, 0.6) is 11.5 Å². The van der Waals surface area contributed by atoms with Gasteiger partial charge in [0.2, 0.25) is 5.91 Å². The van der Waals surface area contributed by atoms with E-state index in [1.807, 2.05) is 72.2 Å². The summed E-state index contributed by atoms with van der Waals surface area (Å²) < 4.78 is 8.17. The minimum atomic E-state index is -0.286. The van der Waals surface area contributed by atoms with Gasteiger partial charge in [0.1, 0.15) is 11.5 Å². The predicted molar refractivity (Wildman–Crippen MR) is 106 cm³/mol. The Morgan fingerprint density at radius 3 is 2.25 bits per heavy atom. The summed E-state index contributed by atoms with van der Waals surface area (Å²) in [5, 5.41) is 0. The van der Waals surface area contributed by atoms with Crippen molar-refractivity contribution in [3.05, 3.63) is 78.4 Å². The first-order valence-electron chi connectivity index (χ1n) is 9.90. The van der Waals surface area contributed by atoms with E-state index in [0.29, 0.717) is 5.92 Å². The van der Waals surface area contributed by atoms with Gasteiger partial charge in [-0.1, -0.05) is 36.4 Å². The van der Waals surface area contributed by atoms with Crippen LogP contribution in [-0.2, 0) is 11.3 Å². The summed E-state index contributed by atoms with van der Waals surface area (Å²) >= 11 is 0. The number of amides is 1. The number of aromatic nitrogens is 2. The van der Waals surface area contributed by atoms with E-state index in [2.05, 4.69) is 9.55 Å². The van der Waals surface area contributed by atoms with Crippen LogP contribution in [0.4, 0.5) is 0 Å². The number of hydrogen-bond donors (Lipinski definition) is 0. The van der Waals surface area contributed by atoms with E-state index < -0.39 is 0 Å². The molecular weight excluding hydrogens is 350 g/mol. The number of carbonyl (C=O) groups excluding carboxylic acids is 1. The fourth-order valence-corrected chi connectivity index (χ4v) is 4.39. The maximum absolute atomic E-state index is 13.6. The molecule has 3 heterocycles.